The molecule has 3 nitrogen and oxygen atoms in total. The zero-order valence-corrected chi connectivity index (χ0v) is 12.1. The molecule has 2 rings (SSSR count). The van der Waals surface area contributed by atoms with Crippen LogP contribution in [-0.4, -0.2) is 20.7 Å². The first-order chi connectivity index (χ1) is 8.09. The van der Waals surface area contributed by atoms with Crippen molar-refractivity contribution < 1.29 is 0 Å². The lowest BCUT2D eigenvalue weighted by atomic mass is 10.2. The molecule has 0 fully saturated rings. The van der Waals surface area contributed by atoms with E-state index in [1.54, 1.807) is 29.4 Å². The Hall–Kier alpha value is -0.720. The third kappa shape index (κ3) is 2.75. The second-order valence-electron chi connectivity index (χ2n) is 3.71. The highest BCUT2D eigenvalue weighted by Crippen LogP contribution is 2.34. The Morgan fingerprint density at radius 3 is 2.94 bits per heavy atom. The molecule has 2 aromatic rings. The number of rotatable bonds is 4. The fourth-order valence-corrected chi connectivity index (χ4v) is 3.83. The number of fused-ring (bicyclic) bond motifs is 1. The third-order valence-electron chi connectivity index (χ3n) is 2.52. The maximum atomic E-state index is 5.49. The molecule has 17 heavy (non-hydrogen) atoms. The predicted octanol–water partition coefficient (Wildman–Crippen LogP) is 3.08. The Bertz CT molecular complexity index is 562. The minimum Gasteiger partial charge on any atom is -0.393 e. The van der Waals surface area contributed by atoms with Crippen LogP contribution in [0.4, 0.5) is 0 Å². The van der Waals surface area contributed by atoms with E-state index in [0.29, 0.717) is 4.99 Å². The molecule has 0 aliphatic carbocycles. The van der Waals surface area contributed by atoms with Crippen molar-refractivity contribution in [2.24, 2.45) is 5.73 Å². The number of nitrogens with zero attached hydrogens (tertiary/aromatic N) is 2. The van der Waals surface area contributed by atoms with Gasteiger partial charge in [0.2, 0.25) is 0 Å². The van der Waals surface area contributed by atoms with Crippen LogP contribution in [-0.2, 0) is 0 Å². The average molecular weight is 283 g/mol. The Balaban J connectivity index is 2.30. The maximum Gasteiger partial charge on any atom is 0.128 e. The molecule has 0 unspecified atom stereocenters. The Labute approximate surface area is 114 Å². The van der Waals surface area contributed by atoms with E-state index in [2.05, 4.69) is 23.8 Å². The van der Waals surface area contributed by atoms with Gasteiger partial charge in [-0.3, -0.25) is 0 Å². The zero-order chi connectivity index (χ0) is 12.4. The van der Waals surface area contributed by atoms with E-state index in [4.69, 9.17) is 18.0 Å². The van der Waals surface area contributed by atoms with Gasteiger partial charge in [-0.1, -0.05) is 12.2 Å². The molecule has 0 radical (unpaired) electrons. The molecule has 0 amide bonds. The molecule has 0 aliphatic rings. The van der Waals surface area contributed by atoms with Crippen LogP contribution in [0.1, 0.15) is 16.9 Å². The predicted molar refractivity (Wildman–Crippen MR) is 79.0 cm³/mol. The highest BCUT2D eigenvalue weighted by Gasteiger charge is 2.11. The van der Waals surface area contributed by atoms with Crippen LogP contribution in [0.5, 0.6) is 0 Å². The van der Waals surface area contributed by atoms with Gasteiger partial charge in [0.05, 0.1) is 4.99 Å². The number of hydrogen-bond donors (Lipinski definition) is 1. The summed E-state index contributed by atoms with van der Waals surface area (Å²) in [5, 5.41) is 2.22. The van der Waals surface area contributed by atoms with Crippen LogP contribution in [0.15, 0.2) is 11.4 Å². The molecule has 2 N–H and O–H groups in total. The van der Waals surface area contributed by atoms with Crippen molar-refractivity contribution in [3.05, 3.63) is 16.8 Å². The van der Waals surface area contributed by atoms with Crippen molar-refractivity contribution in [2.75, 3.05) is 5.75 Å². The van der Waals surface area contributed by atoms with Crippen LogP contribution in [0, 0.1) is 13.8 Å². The van der Waals surface area contributed by atoms with E-state index in [-0.39, 0.29) is 0 Å². The topological polar surface area (TPSA) is 51.8 Å². The van der Waals surface area contributed by atoms with E-state index < -0.39 is 0 Å². The molecular weight excluding hydrogens is 270 g/mol. The molecule has 6 heteroatoms. The van der Waals surface area contributed by atoms with Crippen molar-refractivity contribution in [3.63, 3.8) is 0 Å². The van der Waals surface area contributed by atoms with Gasteiger partial charge in [0.25, 0.3) is 0 Å². The lowest BCUT2D eigenvalue weighted by Gasteiger charge is -2.02. The first-order valence-corrected chi connectivity index (χ1v) is 7.42. The summed E-state index contributed by atoms with van der Waals surface area (Å²) >= 11 is 8.28. The molecule has 90 valence electrons. The fourth-order valence-electron chi connectivity index (χ4n) is 1.51. The largest absolute Gasteiger partial charge is 0.393 e. The first-order valence-electron chi connectivity index (χ1n) is 5.21. The number of hydrogen-bond acceptors (Lipinski definition) is 5. The molecule has 0 saturated heterocycles. The van der Waals surface area contributed by atoms with Gasteiger partial charge in [-0.25, -0.2) is 9.97 Å². The summed E-state index contributed by atoms with van der Waals surface area (Å²) in [7, 11) is 0. The average Bonchev–Trinajstić information content (AvgIpc) is 2.55. The summed E-state index contributed by atoms with van der Waals surface area (Å²) in [5.74, 6) is 0.871. The zero-order valence-electron chi connectivity index (χ0n) is 9.69. The highest BCUT2D eigenvalue weighted by atomic mass is 32.2. The second kappa shape index (κ2) is 5.29. The summed E-state index contributed by atoms with van der Waals surface area (Å²) in [5.41, 5.74) is 6.77. The minimum absolute atomic E-state index is 0.557. The summed E-state index contributed by atoms with van der Waals surface area (Å²) in [6.45, 7) is 4.24. The molecule has 0 saturated carbocycles. The number of thiophene rings is 1. The SMILES string of the molecule is Cc1sc2ncnc(SCCC(N)=S)c2c1C. The van der Waals surface area contributed by atoms with E-state index in [0.717, 1.165) is 22.0 Å². The minimum atomic E-state index is 0.557. The van der Waals surface area contributed by atoms with Crippen LogP contribution in [0.2, 0.25) is 0 Å². The lowest BCUT2D eigenvalue weighted by molar-refractivity contribution is 1.10. The Kier molecular flexibility index (Phi) is 3.96. The van der Waals surface area contributed by atoms with Gasteiger partial charge in [0.1, 0.15) is 16.2 Å². The van der Waals surface area contributed by atoms with Crippen molar-refractivity contribution in [2.45, 2.75) is 25.3 Å². The Morgan fingerprint density at radius 2 is 2.24 bits per heavy atom. The summed E-state index contributed by atoms with van der Waals surface area (Å²) in [6.07, 6.45) is 2.37. The molecule has 0 aromatic carbocycles. The lowest BCUT2D eigenvalue weighted by Crippen LogP contribution is -2.08. The maximum absolute atomic E-state index is 5.49. The molecular formula is C11H13N3S3. The number of thioether (sulfide) groups is 1. The van der Waals surface area contributed by atoms with Crippen LogP contribution in [0.3, 0.4) is 0 Å². The van der Waals surface area contributed by atoms with Crippen molar-refractivity contribution in [1.82, 2.24) is 9.97 Å². The monoisotopic (exact) mass is 283 g/mol. The van der Waals surface area contributed by atoms with Gasteiger partial charge in [-0.2, -0.15) is 0 Å². The molecule has 0 aliphatic heterocycles. The van der Waals surface area contributed by atoms with E-state index in [1.165, 1.54) is 15.8 Å². The number of nitrogens with two attached hydrogens (primary N) is 1. The summed E-state index contributed by atoms with van der Waals surface area (Å²) in [6, 6.07) is 0. The van der Waals surface area contributed by atoms with Gasteiger partial charge >= 0.3 is 0 Å². The van der Waals surface area contributed by atoms with Crippen molar-refractivity contribution in [1.29, 1.82) is 0 Å². The van der Waals surface area contributed by atoms with Gasteiger partial charge in [-0.15, -0.1) is 23.1 Å². The number of aromatic nitrogens is 2. The quantitative estimate of drug-likeness (QED) is 0.531. The van der Waals surface area contributed by atoms with Gasteiger partial charge in [-0.05, 0) is 19.4 Å². The van der Waals surface area contributed by atoms with Gasteiger partial charge < -0.3 is 5.73 Å². The normalized spacial score (nSPS) is 10.9. The van der Waals surface area contributed by atoms with Crippen LogP contribution in [0.25, 0.3) is 10.2 Å². The summed E-state index contributed by atoms with van der Waals surface area (Å²) < 4.78 is 0. The van der Waals surface area contributed by atoms with Gasteiger partial charge in [0, 0.05) is 22.4 Å². The summed E-state index contributed by atoms with van der Waals surface area (Å²) in [4.78, 5) is 11.6. The standard InChI is InChI=1S/C11H13N3S3/c1-6-7(2)17-11-9(6)10(13-5-14-11)16-4-3-8(12)15/h5H,3-4H2,1-2H3,(H2,12,15). The Morgan fingerprint density at radius 1 is 1.47 bits per heavy atom. The van der Waals surface area contributed by atoms with Crippen LogP contribution >= 0.6 is 35.3 Å². The van der Waals surface area contributed by atoms with E-state index in [9.17, 15) is 0 Å². The molecule has 2 aromatic heterocycles. The molecule has 2 heterocycles. The first kappa shape index (κ1) is 12.7. The number of aryl methyl sites for hydroxylation is 2. The molecule has 0 bridgehead atoms. The fraction of sp³-hybridized carbons (Fsp3) is 0.364. The van der Waals surface area contributed by atoms with Crippen LogP contribution < -0.4 is 5.73 Å². The van der Waals surface area contributed by atoms with Gasteiger partial charge in [0.15, 0.2) is 0 Å². The third-order valence-corrected chi connectivity index (χ3v) is 4.83. The molecule has 0 spiro atoms. The second-order valence-corrected chi connectivity index (χ2v) is 6.52. The van der Waals surface area contributed by atoms with Crippen molar-refractivity contribution in [3.8, 4) is 0 Å². The highest BCUT2D eigenvalue weighted by molar-refractivity contribution is 7.99. The van der Waals surface area contributed by atoms with E-state index >= 15 is 0 Å². The molecule has 0 atom stereocenters. The smallest absolute Gasteiger partial charge is 0.128 e. The van der Waals surface area contributed by atoms with E-state index in [1.807, 2.05) is 0 Å². The number of thiocarbonyl (C=S) groups is 1. The van der Waals surface area contributed by atoms with Crippen molar-refractivity contribution >= 4 is 50.5 Å².